The van der Waals surface area contributed by atoms with Gasteiger partial charge in [-0.15, -0.1) is 5.10 Å². The number of unbranched alkanes of at least 4 members (excludes halogenated alkanes) is 2. The molecule has 0 aromatic carbocycles. The molecule has 0 radical (unpaired) electrons. The number of nitrogens with zero attached hydrogens (tertiary/aromatic N) is 3. The number of hydrogen-bond donors (Lipinski definition) is 1. The van der Waals surface area contributed by atoms with E-state index in [4.69, 9.17) is 0 Å². The largest absolute Gasteiger partial charge is 0.225 e. The fraction of sp³-hybridized carbons (Fsp3) is 0.600. The van der Waals surface area contributed by atoms with Crippen LogP contribution in [0.25, 0.3) is 6.20 Å². The molecule has 0 bridgehead atoms. The smallest absolute Gasteiger partial charge is 0.0729 e. The zero-order valence-electron chi connectivity index (χ0n) is 8.56. The Balaban J connectivity index is 2.38. The maximum atomic E-state index is 4.18. The molecule has 1 aromatic rings. The molecule has 0 aliphatic heterocycles. The minimum Gasteiger partial charge on any atom is -0.225 e. The summed E-state index contributed by atoms with van der Waals surface area (Å²) in [6.45, 7) is 1.98. The van der Waals surface area contributed by atoms with E-state index in [2.05, 4.69) is 22.9 Å². The molecule has 1 heterocycles. The molecule has 0 saturated carbocycles. The Morgan fingerprint density at radius 3 is 3.00 bits per heavy atom. The van der Waals surface area contributed by atoms with E-state index in [1.165, 1.54) is 25.0 Å². The Labute approximate surface area is 90.6 Å². The molecule has 0 atom stereocenters. The maximum Gasteiger partial charge on any atom is 0.0729 e. The lowest BCUT2D eigenvalue weighted by atomic mass is 10.2. The van der Waals surface area contributed by atoms with E-state index in [9.17, 15) is 0 Å². The predicted octanol–water partition coefficient (Wildman–Crippen LogP) is 2.41. The highest BCUT2D eigenvalue weighted by molar-refractivity contribution is 7.80. The molecule has 0 fully saturated rings. The molecular formula is C10H17N3S. The highest BCUT2D eigenvalue weighted by atomic mass is 32.1. The highest BCUT2D eigenvalue weighted by Crippen LogP contribution is 2.05. The van der Waals surface area contributed by atoms with Crippen LogP contribution < -0.4 is 0 Å². The van der Waals surface area contributed by atoms with Crippen molar-refractivity contribution >= 4 is 18.8 Å². The van der Waals surface area contributed by atoms with E-state index in [0.29, 0.717) is 0 Å². The van der Waals surface area contributed by atoms with Gasteiger partial charge in [0.25, 0.3) is 0 Å². The number of aromatic nitrogens is 3. The second-order valence-corrected chi connectivity index (χ2v) is 3.63. The molecule has 0 unspecified atom stereocenters. The molecular weight excluding hydrogens is 194 g/mol. The van der Waals surface area contributed by atoms with Gasteiger partial charge >= 0.3 is 0 Å². The van der Waals surface area contributed by atoms with Crippen LogP contribution in [0.5, 0.6) is 0 Å². The summed E-state index contributed by atoms with van der Waals surface area (Å²) in [6, 6.07) is 0. The van der Waals surface area contributed by atoms with Gasteiger partial charge in [0.15, 0.2) is 0 Å². The van der Waals surface area contributed by atoms with Crippen LogP contribution in [0.2, 0.25) is 0 Å². The molecule has 1 aromatic heterocycles. The van der Waals surface area contributed by atoms with Crippen molar-refractivity contribution in [2.45, 2.75) is 32.6 Å². The summed E-state index contributed by atoms with van der Waals surface area (Å²) in [5, 5.41) is 7.86. The van der Waals surface area contributed by atoms with Crippen LogP contribution in [0, 0.1) is 0 Å². The van der Waals surface area contributed by atoms with Gasteiger partial charge in [0, 0.05) is 6.20 Å². The van der Waals surface area contributed by atoms with Gasteiger partial charge in [0.05, 0.1) is 11.9 Å². The molecule has 4 heteroatoms. The van der Waals surface area contributed by atoms with Gasteiger partial charge in [-0.1, -0.05) is 17.7 Å². The minimum atomic E-state index is 0.979. The summed E-state index contributed by atoms with van der Waals surface area (Å²) in [4.78, 5) is 0. The molecule has 0 saturated heterocycles. The van der Waals surface area contributed by atoms with Crippen LogP contribution in [-0.4, -0.2) is 20.7 Å². The third-order valence-corrected chi connectivity index (χ3v) is 2.35. The molecule has 3 nitrogen and oxygen atoms in total. The second kappa shape index (κ2) is 6.65. The first-order valence-electron chi connectivity index (χ1n) is 5.01. The van der Waals surface area contributed by atoms with Gasteiger partial charge in [0.2, 0.25) is 0 Å². The van der Waals surface area contributed by atoms with Crippen molar-refractivity contribution in [2.24, 2.45) is 0 Å². The Bertz CT molecular complexity index is 281. The Morgan fingerprint density at radius 2 is 2.29 bits per heavy atom. The highest BCUT2D eigenvalue weighted by Gasteiger charge is 1.99. The Hall–Kier alpha value is -0.770. The molecule has 1 rings (SSSR count). The van der Waals surface area contributed by atoms with Gasteiger partial charge in [-0.2, -0.15) is 12.6 Å². The van der Waals surface area contributed by atoms with Crippen molar-refractivity contribution in [3.05, 3.63) is 18.0 Å². The van der Waals surface area contributed by atoms with Crippen LogP contribution in [-0.2, 0) is 6.42 Å². The zero-order chi connectivity index (χ0) is 10.2. The standard InChI is InChI=1S/C10H17N3S/c1-2-7-13-10(9-11-12-13)6-4-3-5-8-14/h2,7,9,14H,3-6,8H2,1H3/b7-2+. The van der Waals surface area contributed by atoms with Crippen LogP contribution >= 0.6 is 12.6 Å². The summed E-state index contributed by atoms with van der Waals surface area (Å²) in [5.41, 5.74) is 1.18. The number of hydrogen-bond acceptors (Lipinski definition) is 3. The maximum absolute atomic E-state index is 4.18. The Kier molecular flexibility index (Phi) is 5.37. The molecule has 0 amide bonds. The van der Waals surface area contributed by atoms with Gasteiger partial charge in [-0.25, -0.2) is 4.68 Å². The topological polar surface area (TPSA) is 30.7 Å². The molecule has 0 N–H and O–H groups in total. The van der Waals surface area contributed by atoms with Gasteiger partial charge in [0.1, 0.15) is 0 Å². The lowest BCUT2D eigenvalue weighted by Gasteiger charge is -2.00. The fourth-order valence-corrected chi connectivity index (χ4v) is 1.53. The number of thiol groups is 1. The molecule has 0 aliphatic rings. The zero-order valence-corrected chi connectivity index (χ0v) is 9.45. The quantitative estimate of drug-likeness (QED) is 0.578. The van der Waals surface area contributed by atoms with Crippen molar-refractivity contribution in [3.63, 3.8) is 0 Å². The van der Waals surface area contributed by atoms with Crippen molar-refractivity contribution in [1.82, 2.24) is 15.0 Å². The van der Waals surface area contributed by atoms with Crippen LogP contribution in [0.4, 0.5) is 0 Å². The summed E-state index contributed by atoms with van der Waals surface area (Å²) < 4.78 is 1.83. The average Bonchev–Trinajstić information content (AvgIpc) is 2.61. The fourth-order valence-electron chi connectivity index (χ4n) is 1.31. The molecule has 0 spiro atoms. The lowest BCUT2D eigenvalue weighted by molar-refractivity contribution is 0.692. The van der Waals surface area contributed by atoms with Crippen LogP contribution in [0.1, 0.15) is 31.9 Å². The van der Waals surface area contributed by atoms with Crippen molar-refractivity contribution in [1.29, 1.82) is 0 Å². The summed E-state index contributed by atoms with van der Waals surface area (Å²) in [5.74, 6) is 0.979. The SMILES string of the molecule is C/C=C/n1nncc1CCCCCS. The minimum absolute atomic E-state index is 0.979. The summed E-state index contributed by atoms with van der Waals surface area (Å²) in [7, 11) is 0. The van der Waals surface area contributed by atoms with Crippen molar-refractivity contribution < 1.29 is 0 Å². The number of allylic oxidation sites excluding steroid dienone is 1. The van der Waals surface area contributed by atoms with E-state index in [-0.39, 0.29) is 0 Å². The third-order valence-electron chi connectivity index (χ3n) is 2.03. The number of aryl methyl sites for hydroxylation is 1. The number of rotatable bonds is 6. The van der Waals surface area contributed by atoms with E-state index in [1.54, 1.807) is 0 Å². The summed E-state index contributed by atoms with van der Waals surface area (Å²) >= 11 is 4.18. The van der Waals surface area contributed by atoms with E-state index < -0.39 is 0 Å². The van der Waals surface area contributed by atoms with Gasteiger partial charge < -0.3 is 0 Å². The Morgan fingerprint density at radius 1 is 1.43 bits per heavy atom. The molecule has 78 valence electrons. The van der Waals surface area contributed by atoms with Crippen LogP contribution in [0.3, 0.4) is 0 Å². The first-order chi connectivity index (χ1) is 6.88. The molecule has 0 aliphatic carbocycles. The van der Waals surface area contributed by atoms with Crippen molar-refractivity contribution in [2.75, 3.05) is 5.75 Å². The normalized spacial score (nSPS) is 11.3. The van der Waals surface area contributed by atoms with E-state index in [1.807, 2.05) is 30.1 Å². The predicted molar refractivity (Wildman–Crippen MR) is 62.4 cm³/mol. The molecule has 14 heavy (non-hydrogen) atoms. The lowest BCUT2D eigenvalue weighted by Crippen LogP contribution is -1.97. The average molecular weight is 211 g/mol. The van der Waals surface area contributed by atoms with E-state index >= 15 is 0 Å². The van der Waals surface area contributed by atoms with Crippen LogP contribution in [0.15, 0.2) is 12.3 Å². The first kappa shape index (κ1) is 11.3. The van der Waals surface area contributed by atoms with Gasteiger partial charge in [-0.3, -0.25) is 0 Å². The third kappa shape index (κ3) is 3.54. The van der Waals surface area contributed by atoms with E-state index in [0.717, 1.165) is 12.2 Å². The second-order valence-electron chi connectivity index (χ2n) is 3.19. The summed E-state index contributed by atoms with van der Waals surface area (Å²) in [6.07, 6.45) is 10.4. The first-order valence-corrected chi connectivity index (χ1v) is 5.64. The van der Waals surface area contributed by atoms with Crippen molar-refractivity contribution in [3.8, 4) is 0 Å². The monoisotopic (exact) mass is 211 g/mol. The van der Waals surface area contributed by atoms with Gasteiger partial charge in [-0.05, 0) is 31.9 Å².